The molecule has 16 heavy (non-hydrogen) atoms. The minimum atomic E-state index is -0.356. The van der Waals surface area contributed by atoms with Gasteiger partial charge in [0.2, 0.25) is 0 Å². The molecule has 1 fully saturated rings. The van der Waals surface area contributed by atoms with Gasteiger partial charge < -0.3 is 11.1 Å². The second-order valence-electron chi connectivity index (χ2n) is 4.30. The maximum atomic E-state index is 13.7. The second kappa shape index (κ2) is 4.74. The molecule has 0 aliphatic heterocycles. The zero-order valence-electron chi connectivity index (χ0n) is 9.41. The van der Waals surface area contributed by atoms with E-state index < -0.39 is 0 Å². The number of aromatic nitrogens is 2. The summed E-state index contributed by atoms with van der Waals surface area (Å²) in [6.45, 7) is 2.28. The number of aryl methyl sites for hydroxylation is 1. The van der Waals surface area contributed by atoms with E-state index in [1.165, 1.54) is 6.33 Å². The average molecular weight is 224 g/mol. The van der Waals surface area contributed by atoms with Crippen LogP contribution in [0.25, 0.3) is 0 Å². The monoisotopic (exact) mass is 224 g/mol. The maximum Gasteiger partial charge on any atom is 0.186 e. The largest absolute Gasteiger partial charge is 0.364 e. The molecule has 3 N–H and O–H groups in total. The molecule has 1 aliphatic rings. The Morgan fingerprint density at radius 2 is 2.31 bits per heavy atom. The van der Waals surface area contributed by atoms with Gasteiger partial charge in [-0.15, -0.1) is 0 Å². The van der Waals surface area contributed by atoms with Gasteiger partial charge in [-0.1, -0.05) is 6.42 Å². The Labute approximate surface area is 94.5 Å². The molecule has 0 bridgehead atoms. The third-order valence-electron chi connectivity index (χ3n) is 3.25. The molecule has 2 rings (SSSR count). The van der Waals surface area contributed by atoms with E-state index in [1.54, 1.807) is 6.92 Å². The Hall–Kier alpha value is -1.23. The summed E-state index contributed by atoms with van der Waals surface area (Å²) in [5.74, 6) is 0.373. The smallest absolute Gasteiger partial charge is 0.186 e. The summed E-state index contributed by atoms with van der Waals surface area (Å²) >= 11 is 0. The molecule has 1 aliphatic carbocycles. The highest BCUT2D eigenvalue weighted by Crippen LogP contribution is 2.28. The van der Waals surface area contributed by atoms with Crippen LogP contribution in [0.15, 0.2) is 6.33 Å². The number of hydrogen-bond acceptors (Lipinski definition) is 4. The van der Waals surface area contributed by atoms with E-state index in [9.17, 15) is 4.39 Å². The molecule has 0 radical (unpaired) electrons. The van der Waals surface area contributed by atoms with Gasteiger partial charge in [0.05, 0.1) is 5.69 Å². The van der Waals surface area contributed by atoms with Crippen LogP contribution in [0.4, 0.5) is 10.2 Å². The van der Waals surface area contributed by atoms with Gasteiger partial charge in [0.25, 0.3) is 0 Å². The first-order valence-corrected chi connectivity index (χ1v) is 5.66. The lowest BCUT2D eigenvalue weighted by molar-refractivity contribution is 0.509. The molecule has 0 saturated heterocycles. The number of anilines is 1. The van der Waals surface area contributed by atoms with E-state index in [1.807, 2.05) is 0 Å². The summed E-state index contributed by atoms with van der Waals surface area (Å²) in [7, 11) is 0. The van der Waals surface area contributed by atoms with Gasteiger partial charge in [-0.3, -0.25) is 0 Å². The van der Waals surface area contributed by atoms with E-state index in [0.29, 0.717) is 24.0 Å². The van der Waals surface area contributed by atoms with E-state index in [0.717, 1.165) is 19.3 Å². The molecule has 0 spiro atoms. The quantitative estimate of drug-likeness (QED) is 0.816. The number of halogens is 1. The fourth-order valence-electron chi connectivity index (χ4n) is 2.24. The van der Waals surface area contributed by atoms with Gasteiger partial charge in [0.1, 0.15) is 6.33 Å². The van der Waals surface area contributed by atoms with Crippen molar-refractivity contribution in [1.29, 1.82) is 0 Å². The van der Waals surface area contributed by atoms with Crippen molar-refractivity contribution >= 4 is 5.82 Å². The zero-order chi connectivity index (χ0) is 11.5. The summed E-state index contributed by atoms with van der Waals surface area (Å²) in [5.41, 5.74) is 6.05. The Morgan fingerprint density at radius 3 is 3.06 bits per heavy atom. The van der Waals surface area contributed by atoms with Gasteiger partial charge in [-0.25, -0.2) is 14.4 Å². The highest BCUT2D eigenvalue weighted by molar-refractivity contribution is 5.38. The van der Waals surface area contributed by atoms with Crippen molar-refractivity contribution in [3.8, 4) is 0 Å². The molecule has 1 heterocycles. The first kappa shape index (κ1) is 11.3. The number of nitrogens with one attached hydrogen (secondary N) is 1. The molecule has 88 valence electrons. The molecule has 5 heteroatoms. The second-order valence-corrected chi connectivity index (χ2v) is 4.30. The van der Waals surface area contributed by atoms with Crippen molar-refractivity contribution in [3.63, 3.8) is 0 Å². The predicted octanol–water partition coefficient (Wildman–Crippen LogP) is 1.46. The SMILES string of the molecule is Cc1ncnc(NC2CCCC2CN)c1F. The highest BCUT2D eigenvalue weighted by atomic mass is 19.1. The Morgan fingerprint density at radius 1 is 1.50 bits per heavy atom. The number of nitrogens with zero attached hydrogens (tertiary/aromatic N) is 2. The summed E-state index contributed by atoms with van der Waals surface area (Å²) in [6.07, 6.45) is 4.67. The zero-order valence-corrected chi connectivity index (χ0v) is 9.41. The molecule has 4 nitrogen and oxygen atoms in total. The van der Waals surface area contributed by atoms with Crippen molar-refractivity contribution in [2.45, 2.75) is 32.2 Å². The summed E-state index contributed by atoms with van der Waals surface area (Å²) < 4.78 is 13.7. The first-order chi connectivity index (χ1) is 7.72. The minimum absolute atomic E-state index is 0.244. The van der Waals surface area contributed by atoms with E-state index >= 15 is 0 Å². The molecule has 1 aromatic rings. The summed E-state index contributed by atoms with van der Waals surface area (Å²) in [4.78, 5) is 7.74. The van der Waals surface area contributed by atoms with Crippen molar-refractivity contribution < 1.29 is 4.39 Å². The normalized spacial score (nSPS) is 24.7. The van der Waals surface area contributed by atoms with Crippen LogP contribution in [0.2, 0.25) is 0 Å². The lowest BCUT2D eigenvalue weighted by Gasteiger charge is -2.20. The van der Waals surface area contributed by atoms with Crippen LogP contribution in [0.3, 0.4) is 0 Å². The predicted molar refractivity (Wildman–Crippen MR) is 60.5 cm³/mol. The van der Waals surface area contributed by atoms with Crippen LogP contribution in [0.1, 0.15) is 25.0 Å². The third kappa shape index (κ3) is 2.14. The van der Waals surface area contributed by atoms with E-state index in [-0.39, 0.29) is 11.9 Å². The third-order valence-corrected chi connectivity index (χ3v) is 3.25. The fraction of sp³-hybridized carbons (Fsp3) is 0.636. The van der Waals surface area contributed by atoms with Crippen LogP contribution >= 0.6 is 0 Å². The maximum absolute atomic E-state index is 13.7. The lowest BCUT2D eigenvalue weighted by Crippen LogP contribution is -2.30. The van der Waals surface area contributed by atoms with Crippen LogP contribution < -0.4 is 11.1 Å². The summed E-state index contributed by atoms with van der Waals surface area (Å²) in [6, 6.07) is 0.244. The summed E-state index contributed by atoms with van der Waals surface area (Å²) in [5, 5.41) is 3.14. The van der Waals surface area contributed by atoms with Crippen molar-refractivity contribution in [2.75, 3.05) is 11.9 Å². The van der Waals surface area contributed by atoms with Crippen LogP contribution in [0.5, 0.6) is 0 Å². The number of nitrogens with two attached hydrogens (primary N) is 1. The molecule has 1 saturated carbocycles. The lowest BCUT2D eigenvalue weighted by atomic mass is 10.0. The Bertz CT molecular complexity index is 369. The fourth-order valence-corrected chi connectivity index (χ4v) is 2.24. The van der Waals surface area contributed by atoms with Crippen molar-refractivity contribution in [3.05, 3.63) is 17.8 Å². The molecular formula is C11H17FN4. The van der Waals surface area contributed by atoms with Gasteiger partial charge in [0.15, 0.2) is 11.6 Å². The van der Waals surface area contributed by atoms with Crippen molar-refractivity contribution in [2.24, 2.45) is 11.7 Å². The molecular weight excluding hydrogens is 207 g/mol. The minimum Gasteiger partial charge on any atom is -0.364 e. The number of hydrogen-bond donors (Lipinski definition) is 2. The standard InChI is InChI=1S/C11H17FN4/c1-7-10(12)11(15-6-14-7)16-9-4-2-3-8(9)5-13/h6,8-9H,2-5,13H2,1H3,(H,14,15,16). The van der Waals surface area contributed by atoms with Crippen molar-refractivity contribution in [1.82, 2.24) is 9.97 Å². The highest BCUT2D eigenvalue weighted by Gasteiger charge is 2.27. The van der Waals surface area contributed by atoms with Gasteiger partial charge in [-0.2, -0.15) is 0 Å². The average Bonchev–Trinajstić information content (AvgIpc) is 2.72. The van der Waals surface area contributed by atoms with Gasteiger partial charge in [0, 0.05) is 6.04 Å². The Balaban J connectivity index is 2.11. The van der Waals surface area contributed by atoms with Crippen LogP contribution in [-0.4, -0.2) is 22.6 Å². The molecule has 0 aromatic carbocycles. The van der Waals surface area contributed by atoms with Gasteiger partial charge in [-0.05, 0) is 32.2 Å². The van der Waals surface area contributed by atoms with E-state index in [2.05, 4.69) is 15.3 Å². The molecule has 1 aromatic heterocycles. The Kier molecular flexibility index (Phi) is 3.33. The molecule has 2 unspecified atom stereocenters. The topological polar surface area (TPSA) is 63.8 Å². The number of rotatable bonds is 3. The first-order valence-electron chi connectivity index (χ1n) is 5.66. The molecule has 0 amide bonds. The van der Waals surface area contributed by atoms with Gasteiger partial charge >= 0.3 is 0 Å². The van der Waals surface area contributed by atoms with E-state index in [4.69, 9.17) is 5.73 Å². The van der Waals surface area contributed by atoms with Crippen LogP contribution in [0, 0.1) is 18.7 Å². The van der Waals surface area contributed by atoms with Crippen LogP contribution in [-0.2, 0) is 0 Å². The molecule has 2 atom stereocenters.